The Balaban J connectivity index is 1.30. The number of rotatable bonds is 11. The number of nitrogens with two attached hydrogens (primary N) is 1. The number of aliphatic hydroxyl groups is 1. The van der Waals surface area contributed by atoms with Crippen LogP contribution in [0.1, 0.15) is 16.7 Å². The standard InChI is InChI=1S/C34H33Cl2N7O5S/c1-2-12-41(34(47)38-17-22-8-11-25(35)26(36)15-22)42-20-30(45)43-27(16-21-6-9-24(10-7-21)48-14-13-44)32(46)40(19-29(42)43)18-23-4-3-5-28-31(23)39-33(37)49-28/h1,3-11,15,27,29,44H,12-14,16-20H2,(H2,37,39)(H,38,47)/t27-,29+/m0/s1. The Morgan fingerprint density at radius 3 is 2.65 bits per heavy atom. The van der Waals surface area contributed by atoms with Crippen molar-refractivity contribution in [1.82, 2.24) is 30.1 Å². The van der Waals surface area contributed by atoms with Crippen LogP contribution in [-0.2, 0) is 29.1 Å². The first-order valence-corrected chi connectivity index (χ1v) is 17.0. The maximum Gasteiger partial charge on any atom is 0.333 e. The van der Waals surface area contributed by atoms with Gasteiger partial charge in [0.1, 0.15) is 24.6 Å². The molecule has 2 aliphatic heterocycles. The molecule has 3 aromatic carbocycles. The fraction of sp³-hybridized carbons (Fsp3) is 0.294. The van der Waals surface area contributed by atoms with E-state index in [1.54, 1.807) is 45.1 Å². The average Bonchev–Trinajstić information content (AvgIpc) is 3.64. The van der Waals surface area contributed by atoms with Crippen molar-refractivity contribution in [3.05, 3.63) is 87.4 Å². The Labute approximate surface area is 296 Å². The number of carbonyl (C=O) groups is 3. The minimum Gasteiger partial charge on any atom is -0.491 e. The molecule has 6 rings (SSSR count). The van der Waals surface area contributed by atoms with Gasteiger partial charge in [-0.05, 0) is 47.0 Å². The molecule has 1 aromatic heterocycles. The van der Waals surface area contributed by atoms with Crippen LogP contribution in [0.25, 0.3) is 10.2 Å². The van der Waals surface area contributed by atoms with Crippen molar-refractivity contribution in [2.24, 2.45) is 0 Å². The highest BCUT2D eigenvalue weighted by atomic mass is 35.5. The van der Waals surface area contributed by atoms with Crippen LogP contribution in [0.3, 0.4) is 0 Å². The number of nitrogens with zero attached hydrogens (tertiary/aromatic N) is 5. The molecule has 0 saturated carbocycles. The number of terminal acetylenes is 1. The molecule has 15 heteroatoms. The second-order valence-electron chi connectivity index (χ2n) is 11.5. The summed E-state index contributed by atoms with van der Waals surface area (Å²) in [4.78, 5) is 49.5. The maximum absolute atomic E-state index is 14.3. The Bertz CT molecular complexity index is 1920. The number of aromatic nitrogens is 1. The zero-order chi connectivity index (χ0) is 34.7. The lowest BCUT2D eigenvalue weighted by Gasteiger charge is -2.46. The van der Waals surface area contributed by atoms with Crippen LogP contribution < -0.4 is 15.8 Å². The van der Waals surface area contributed by atoms with E-state index in [2.05, 4.69) is 16.2 Å². The van der Waals surface area contributed by atoms with Crippen molar-refractivity contribution >= 4 is 67.7 Å². The molecule has 3 heterocycles. The molecule has 254 valence electrons. The largest absolute Gasteiger partial charge is 0.491 e. The summed E-state index contributed by atoms with van der Waals surface area (Å²) in [5.74, 6) is 2.56. The van der Waals surface area contributed by atoms with Crippen LogP contribution in [-0.4, -0.2) is 92.8 Å². The average molecular weight is 723 g/mol. The van der Waals surface area contributed by atoms with Gasteiger partial charge >= 0.3 is 6.03 Å². The zero-order valence-electron chi connectivity index (χ0n) is 26.2. The van der Waals surface area contributed by atoms with Crippen molar-refractivity contribution in [2.45, 2.75) is 31.7 Å². The lowest BCUT2D eigenvalue weighted by Crippen LogP contribution is -2.66. The minimum atomic E-state index is -0.868. The number of aliphatic hydroxyl groups excluding tert-OH is 1. The fourth-order valence-electron chi connectivity index (χ4n) is 6.14. The Kier molecular flexibility index (Phi) is 10.4. The lowest BCUT2D eigenvalue weighted by atomic mass is 9.99. The van der Waals surface area contributed by atoms with Crippen LogP contribution in [0.2, 0.25) is 10.0 Å². The van der Waals surface area contributed by atoms with E-state index in [1.165, 1.54) is 16.3 Å². The molecule has 49 heavy (non-hydrogen) atoms. The van der Waals surface area contributed by atoms with Gasteiger partial charge in [-0.1, -0.05) is 70.8 Å². The summed E-state index contributed by atoms with van der Waals surface area (Å²) in [7, 11) is 0. The third-order valence-corrected chi connectivity index (χ3v) is 9.96. The number of hydrogen-bond donors (Lipinski definition) is 3. The molecule has 12 nitrogen and oxygen atoms in total. The second kappa shape index (κ2) is 14.9. The van der Waals surface area contributed by atoms with E-state index in [4.69, 9.17) is 45.2 Å². The number of ether oxygens (including phenoxy) is 1. The predicted octanol–water partition coefficient (Wildman–Crippen LogP) is 3.74. The van der Waals surface area contributed by atoms with Gasteiger partial charge in [-0.25, -0.2) is 14.8 Å². The molecule has 0 aliphatic carbocycles. The van der Waals surface area contributed by atoms with Gasteiger partial charge in [0.05, 0.1) is 46.5 Å². The second-order valence-corrected chi connectivity index (χ2v) is 13.4. The third-order valence-electron chi connectivity index (χ3n) is 8.37. The molecular formula is C34H33Cl2N7O5S. The molecule has 4 aromatic rings. The van der Waals surface area contributed by atoms with E-state index < -0.39 is 18.2 Å². The van der Waals surface area contributed by atoms with Crippen molar-refractivity contribution in [3.8, 4) is 18.1 Å². The van der Waals surface area contributed by atoms with Gasteiger partial charge in [0.2, 0.25) is 11.8 Å². The van der Waals surface area contributed by atoms with Gasteiger partial charge in [0.15, 0.2) is 5.13 Å². The van der Waals surface area contributed by atoms with Gasteiger partial charge in [0, 0.05) is 19.5 Å². The molecule has 0 spiro atoms. The van der Waals surface area contributed by atoms with Gasteiger partial charge in [-0.2, -0.15) is 5.01 Å². The quantitative estimate of drug-likeness (QED) is 0.199. The van der Waals surface area contributed by atoms with E-state index in [1.807, 2.05) is 30.3 Å². The van der Waals surface area contributed by atoms with E-state index in [-0.39, 0.29) is 64.2 Å². The number of hydrogen-bond acceptors (Lipinski definition) is 9. The van der Waals surface area contributed by atoms with Crippen LogP contribution in [0.4, 0.5) is 9.93 Å². The first kappa shape index (κ1) is 34.3. The lowest BCUT2D eigenvalue weighted by molar-refractivity contribution is -0.157. The molecule has 2 atom stereocenters. The fourth-order valence-corrected chi connectivity index (χ4v) is 7.24. The van der Waals surface area contributed by atoms with Gasteiger partial charge in [-0.15, -0.1) is 6.42 Å². The number of nitrogen functional groups attached to an aromatic ring is 1. The van der Waals surface area contributed by atoms with Gasteiger partial charge in [-0.3, -0.25) is 9.59 Å². The number of thiazole rings is 1. The van der Waals surface area contributed by atoms with E-state index in [0.717, 1.165) is 21.4 Å². The van der Waals surface area contributed by atoms with Gasteiger partial charge < -0.3 is 30.7 Å². The molecular weight excluding hydrogens is 689 g/mol. The third kappa shape index (κ3) is 7.39. The summed E-state index contributed by atoms with van der Waals surface area (Å²) in [6.07, 6.45) is 5.26. The molecule has 0 bridgehead atoms. The number of urea groups is 1. The molecule has 2 saturated heterocycles. The van der Waals surface area contributed by atoms with Crippen LogP contribution in [0.15, 0.2) is 60.7 Å². The highest BCUT2D eigenvalue weighted by Gasteiger charge is 2.52. The van der Waals surface area contributed by atoms with Gasteiger partial charge in [0.25, 0.3) is 0 Å². The number of piperazine rings is 1. The minimum absolute atomic E-state index is 0.115. The highest BCUT2D eigenvalue weighted by Crippen LogP contribution is 2.33. The van der Waals surface area contributed by atoms with E-state index >= 15 is 0 Å². The summed E-state index contributed by atoms with van der Waals surface area (Å²) in [6.45, 7) is 0.239. The predicted molar refractivity (Wildman–Crippen MR) is 188 cm³/mol. The van der Waals surface area contributed by atoms with Crippen molar-refractivity contribution < 1.29 is 24.2 Å². The number of halogens is 2. The van der Waals surface area contributed by atoms with Crippen molar-refractivity contribution in [1.29, 1.82) is 0 Å². The molecule has 4 amide bonds. The number of anilines is 1. The Morgan fingerprint density at radius 2 is 1.92 bits per heavy atom. The summed E-state index contributed by atoms with van der Waals surface area (Å²) in [6, 6.07) is 16.6. The molecule has 0 unspecified atom stereocenters. The first-order chi connectivity index (χ1) is 23.7. The number of benzene rings is 3. The SMILES string of the molecule is C#CCN(C(=O)NCc1ccc(Cl)c(Cl)c1)N1CC(=O)N2[C@@H](Cc3ccc(OCCO)cc3)C(=O)N(Cc3cccc4sc(N)nc34)C[C@@H]21. The smallest absolute Gasteiger partial charge is 0.333 e. The zero-order valence-corrected chi connectivity index (χ0v) is 28.5. The molecule has 2 fully saturated rings. The Morgan fingerprint density at radius 1 is 1.14 bits per heavy atom. The number of carbonyl (C=O) groups excluding carboxylic acids is 3. The summed E-state index contributed by atoms with van der Waals surface area (Å²) in [5, 5.41) is 16.1. The number of fused-ring (bicyclic) bond motifs is 2. The summed E-state index contributed by atoms with van der Waals surface area (Å²) in [5.41, 5.74) is 9.07. The van der Waals surface area contributed by atoms with Crippen LogP contribution in [0, 0.1) is 12.3 Å². The topological polar surface area (TPSA) is 145 Å². The monoisotopic (exact) mass is 721 g/mol. The molecule has 0 radical (unpaired) electrons. The molecule has 2 aliphatic rings. The number of para-hydroxylation sites is 1. The van der Waals surface area contributed by atoms with Crippen molar-refractivity contribution in [2.75, 3.05) is 38.6 Å². The van der Waals surface area contributed by atoms with E-state index in [0.29, 0.717) is 26.4 Å². The number of nitrogens with one attached hydrogen (secondary N) is 1. The Hall–Kier alpha value is -4.58. The maximum atomic E-state index is 14.3. The normalized spacial score (nSPS) is 17.7. The highest BCUT2D eigenvalue weighted by molar-refractivity contribution is 7.22. The van der Waals surface area contributed by atoms with Crippen molar-refractivity contribution in [3.63, 3.8) is 0 Å². The summed E-state index contributed by atoms with van der Waals surface area (Å²) >= 11 is 13.6. The van der Waals surface area contributed by atoms with Crippen LogP contribution >= 0.6 is 34.5 Å². The van der Waals surface area contributed by atoms with E-state index in [9.17, 15) is 14.4 Å². The number of hydrazine groups is 1. The first-order valence-electron chi connectivity index (χ1n) is 15.4. The summed E-state index contributed by atoms with van der Waals surface area (Å²) < 4.78 is 6.39. The molecule has 4 N–H and O–H groups in total. The number of amides is 4. The van der Waals surface area contributed by atoms with Crippen LogP contribution in [0.5, 0.6) is 5.75 Å².